The predicted molar refractivity (Wildman–Crippen MR) is 39.0 cm³/mol. The Labute approximate surface area is 62.8 Å². The van der Waals surface area contributed by atoms with Crippen molar-refractivity contribution in [2.45, 2.75) is 6.92 Å². The summed E-state index contributed by atoms with van der Waals surface area (Å²) in [6.07, 6.45) is 0. The minimum absolute atomic E-state index is 0.0532. The second-order valence-corrected chi connectivity index (χ2v) is 2.20. The standard InChI is InChI=1S/C5H8N4O2/c1-3-4(9(10)11)8(2)5(6)7-3/h1-2H3,(H2,6,7). The molecule has 0 amide bonds. The maximum Gasteiger partial charge on any atom is 0.347 e. The predicted octanol–water partition coefficient (Wildman–Crippen LogP) is 0.219. The van der Waals surface area contributed by atoms with Crippen LogP contribution in [0.4, 0.5) is 11.8 Å². The van der Waals surface area contributed by atoms with Crippen molar-refractivity contribution < 1.29 is 4.92 Å². The Morgan fingerprint density at radius 1 is 1.73 bits per heavy atom. The van der Waals surface area contributed by atoms with Gasteiger partial charge >= 0.3 is 5.82 Å². The number of nitrogens with two attached hydrogens (primary N) is 1. The molecule has 6 heteroatoms. The third-order valence-electron chi connectivity index (χ3n) is 1.44. The van der Waals surface area contributed by atoms with Gasteiger partial charge in [0.2, 0.25) is 0 Å². The van der Waals surface area contributed by atoms with E-state index in [1.807, 2.05) is 0 Å². The van der Waals surface area contributed by atoms with Gasteiger partial charge in [-0.25, -0.2) is 0 Å². The average Bonchev–Trinajstić information content (AvgIpc) is 2.07. The monoisotopic (exact) mass is 156 g/mol. The smallest absolute Gasteiger partial charge is 0.347 e. The summed E-state index contributed by atoms with van der Waals surface area (Å²) < 4.78 is 1.25. The van der Waals surface area contributed by atoms with Gasteiger partial charge in [-0.3, -0.25) is 0 Å². The second-order valence-electron chi connectivity index (χ2n) is 2.20. The molecule has 6 nitrogen and oxygen atoms in total. The van der Waals surface area contributed by atoms with Gasteiger partial charge in [0.25, 0.3) is 5.95 Å². The van der Waals surface area contributed by atoms with Gasteiger partial charge in [-0.15, -0.1) is 0 Å². The molecule has 0 fully saturated rings. The summed E-state index contributed by atoms with van der Waals surface area (Å²) in [5.74, 6) is 0.108. The van der Waals surface area contributed by atoms with Crippen LogP contribution in [0, 0.1) is 17.0 Å². The number of hydrogen-bond acceptors (Lipinski definition) is 4. The number of nitrogen functional groups attached to an aromatic ring is 1. The van der Waals surface area contributed by atoms with Gasteiger partial charge in [-0.1, -0.05) is 0 Å². The van der Waals surface area contributed by atoms with Crippen molar-refractivity contribution in [1.29, 1.82) is 0 Å². The number of nitro groups is 1. The molecular weight excluding hydrogens is 148 g/mol. The first-order valence-electron chi connectivity index (χ1n) is 2.97. The van der Waals surface area contributed by atoms with E-state index in [1.165, 1.54) is 11.6 Å². The molecule has 1 heterocycles. The lowest BCUT2D eigenvalue weighted by molar-refractivity contribution is -0.392. The Morgan fingerprint density at radius 2 is 2.27 bits per heavy atom. The van der Waals surface area contributed by atoms with Crippen molar-refractivity contribution in [3.05, 3.63) is 15.8 Å². The minimum atomic E-state index is -0.501. The molecule has 0 unspecified atom stereocenters. The quantitative estimate of drug-likeness (QED) is 0.465. The Bertz CT molecular complexity index is 304. The topological polar surface area (TPSA) is 87.0 Å². The van der Waals surface area contributed by atoms with E-state index in [2.05, 4.69) is 4.98 Å². The number of rotatable bonds is 1. The molecule has 2 N–H and O–H groups in total. The third-order valence-corrected chi connectivity index (χ3v) is 1.44. The zero-order chi connectivity index (χ0) is 8.59. The molecule has 60 valence electrons. The lowest BCUT2D eigenvalue weighted by Crippen LogP contribution is -2.01. The Hall–Kier alpha value is -1.59. The van der Waals surface area contributed by atoms with Crippen LogP contribution in [0.1, 0.15) is 5.69 Å². The SMILES string of the molecule is Cc1nc(N)n(C)c1[N+](=O)[O-]. The Balaban J connectivity index is 3.34. The van der Waals surface area contributed by atoms with E-state index in [9.17, 15) is 10.1 Å². The van der Waals surface area contributed by atoms with Crippen LogP contribution >= 0.6 is 0 Å². The summed E-state index contributed by atoms with van der Waals surface area (Å²) in [4.78, 5) is 13.6. The van der Waals surface area contributed by atoms with E-state index in [-0.39, 0.29) is 11.8 Å². The number of hydrogen-bond donors (Lipinski definition) is 1. The Morgan fingerprint density at radius 3 is 2.45 bits per heavy atom. The second kappa shape index (κ2) is 2.22. The molecule has 1 aromatic rings. The van der Waals surface area contributed by atoms with Crippen LogP contribution < -0.4 is 5.73 Å². The zero-order valence-electron chi connectivity index (χ0n) is 6.24. The molecule has 0 saturated heterocycles. The van der Waals surface area contributed by atoms with Gasteiger partial charge in [0.15, 0.2) is 0 Å². The summed E-state index contributed by atoms with van der Waals surface area (Å²) in [6.45, 7) is 1.55. The normalized spacial score (nSPS) is 10.0. The van der Waals surface area contributed by atoms with Gasteiger partial charge in [-0.05, 0) is 11.8 Å². The van der Waals surface area contributed by atoms with E-state index >= 15 is 0 Å². The molecule has 0 aliphatic heterocycles. The molecular formula is C5H8N4O2. The molecule has 11 heavy (non-hydrogen) atoms. The summed E-state index contributed by atoms with van der Waals surface area (Å²) in [5, 5.41) is 10.3. The van der Waals surface area contributed by atoms with E-state index in [1.54, 1.807) is 6.92 Å². The van der Waals surface area contributed by atoms with Crippen molar-refractivity contribution in [2.75, 3.05) is 5.73 Å². The number of imidazole rings is 1. The van der Waals surface area contributed by atoms with Crippen LogP contribution in [0.25, 0.3) is 0 Å². The summed E-state index contributed by atoms with van der Waals surface area (Å²) in [5.41, 5.74) is 5.67. The average molecular weight is 156 g/mol. The van der Waals surface area contributed by atoms with Crippen LogP contribution in [-0.4, -0.2) is 14.5 Å². The molecule has 1 aromatic heterocycles. The zero-order valence-corrected chi connectivity index (χ0v) is 6.24. The number of aryl methyl sites for hydroxylation is 1. The highest BCUT2D eigenvalue weighted by Gasteiger charge is 2.18. The van der Waals surface area contributed by atoms with Crippen molar-refractivity contribution in [3.8, 4) is 0 Å². The molecule has 0 aromatic carbocycles. The van der Waals surface area contributed by atoms with E-state index in [4.69, 9.17) is 5.73 Å². The fourth-order valence-corrected chi connectivity index (χ4v) is 0.903. The molecule has 0 bridgehead atoms. The molecule has 1 rings (SSSR count). The molecule has 0 aliphatic carbocycles. The third kappa shape index (κ3) is 1.02. The highest BCUT2D eigenvalue weighted by atomic mass is 16.6. The van der Waals surface area contributed by atoms with Crippen LogP contribution in [-0.2, 0) is 7.05 Å². The fourth-order valence-electron chi connectivity index (χ4n) is 0.903. The molecule has 0 aliphatic rings. The minimum Gasteiger partial charge on any atom is -0.358 e. The first-order valence-corrected chi connectivity index (χ1v) is 2.97. The van der Waals surface area contributed by atoms with Crippen LogP contribution in [0.15, 0.2) is 0 Å². The molecule has 0 atom stereocenters. The highest BCUT2D eigenvalue weighted by molar-refractivity contribution is 5.37. The lowest BCUT2D eigenvalue weighted by Gasteiger charge is -1.93. The van der Waals surface area contributed by atoms with Crippen LogP contribution in [0.2, 0.25) is 0 Å². The number of nitrogens with zero attached hydrogens (tertiary/aromatic N) is 3. The van der Waals surface area contributed by atoms with Crippen LogP contribution in [0.3, 0.4) is 0 Å². The number of anilines is 1. The summed E-state index contributed by atoms with van der Waals surface area (Å²) in [7, 11) is 1.51. The molecule has 0 saturated carbocycles. The van der Waals surface area contributed by atoms with Crippen LogP contribution in [0.5, 0.6) is 0 Å². The maximum atomic E-state index is 10.3. The summed E-state index contributed by atoms with van der Waals surface area (Å²) >= 11 is 0. The Kier molecular flexibility index (Phi) is 1.52. The van der Waals surface area contributed by atoms with E-state index in [0.29, 0.717) is 5.69 Å². The highest BCUT2D eigenvalue weighted by Crippen LogP contribution is 2.18. The number of aromatic nitrogens is 2. The largest absolute Gasteiger partial charge is 0.358 e. The van der Waals surface area contributed by atoms with Crippen molar-refractivity contribution in [1.82, 2.24) is 9.55 Å². The van der Waals surface area contributed by atoms with E-state index < -0.39 is 4.92 Å². The van der Waals surface area contributed by atoms with Gasteiger partial charge < -0.3 is 15.8 Å². The fraction of sp³-hybridized carbons (Fsp3) is 0.400. The summed E-state index contributed by atoms with van der Waals surface area (Å²) in [6, 6.07) is 0. The van der Waals surface area contributed by atoms with E-state index in [0.717, 1.165) is 0 Å². The van der Waals surface area contributed by atoms with Gasteiger partial charge in [0.05, 0.1) is 7.05 Å². The first kappa shape index (κ1) is 7.52. The maximum absolute atomic E-state index is 10.3. The lowest BCUT2D eigenvalue weighted by atomic mass is 10.5. The van der Waals surface area contributed by atoms with Gasteiger partial charge in [0.1, 0.15) is 5.69 Å². The van der Waals surface area contributed by atoms with Crippen molar-refractivity contribution in [2.24, 2.45) is 7.05 Å². The molecule has 0 radical (unpaired) electrons. The van der Waals surface area contributed by atoms with Gasteiger partial charge in [-0.2, -0.15) is 9.55 Å². The van der Waals surface area contributed by atoms with Crippen molar-refractivity contribution >= 4 is 11.8 Å². The first-order chi connectivity index (χ1) is 5.04. The van der Waals surface area contributed by atoms with Gasteiger partial charge in [0, 0.05) is 0 Å². The molecule has 0 spiro atoms. The van der Waals surface area contributed by atoms with Crippen molar-refractivity contribution in [3.63, 3.8) is 0 Å².